The molecule has 1 aromatic heterocycles. The van der Waals surface area contributed by atoms with Crippen LogP contribution in [0.5, 0.6) is 0 Å². The predicted molar refractivity (Wildman–Crippen MR) is 113 cm³/mol. The number of aromatic nitrogens is 2. The lowest BCUT2D eigenvalue weighted by atomic mass is 10.0. The van der Waals surface area contributed by atoms with Crippen LogP contribution in [-0.2, 0) is 7.05 Å². The number of nitrogens with zero attached hydrogens (tertiary/aromatic N) is 3. The van der Waals surface area contributed by atoms with Crippen molar-refractivity contribution in [1.82, 2.24) is 20.0 Å². The van der Waals surface area contributed by atoms with E-state index in [-0.39, 0.29) is 11.9 Å². The third-order valence-corrected chi connectivity index (χ3v) is 5.18. The molecule has 1 amide bonds. The van der Waals surface area contributed by atoms with Crippen molar-refractivity contribution in [2.75, 3.05) is 20.6 Å². The highest BCUT2D eigenvalue weighted by molar-refractivity contribution is 5.93. The van der Waals surface area contributed by atoms with Crippen LogP contribution in [0.1, 0.15) is 33.2 Å². The number of nitrogens with one attached hydrogen (secondary N) is 1. The Morgan fingerprint density at radius 1 is 1.07 bits per heavy atom. The van der Waals surface area contributed by atoms with Crippen LogP contribution in [0.25, 0.3) is 11.3 Å². The second kappa shape index (κ2) is 8.40. The van der Waals surface area contributed by atoms with Crippen molar-refractivity contribution in [1.29, 1.82) is 0 Å². The predicted octanol–water partition coefficient (Wildman–Crippen LogP) is 3.74. The van der Waals surface area contributed by atoms with Gasteiger partial charge in [-0.1, -0.05) is 42.5 Å². The molecule has 1 N–H and O–H groups in total. The standard InChI is InChI=1S/C23H28N4O/c1-16-11-12-19(13-17(16)2)21-14-20(25-27(21)5)23(28)24-15-22(26(3)4)18-9-7-6-8-10-18/h6-14,22H,15H2,1-5H3,(H,24,28). The molecule has 0 saturated heterocycles. The van der Waals surface area contributed by atoms with Gasteiger partial charge in [-0.15, -0.1) is 0 Å². The van der Waals surface area contributed by atoms with Gasteiger partial charge in [-0.05, 0) is 56.8 Å². The number of aryl methyl sites for hydroxylation is 3. The maximum Gasteiger partial charge on any atom is 0.271 e. The van der Waals surface area contributed by atoms with Crippen LogP contribution in [0.15, 0.2) is 54.6 Å². The molecule has 0 aliphatic carbocycles. The Morgan fingerprint density at radius 2 is 1.79 bits per heavy atom. The zero-order chi connectivity index (χ0) is 20.3. The fraction of sp³-hybridized carbons (Fsp3) is 0.304. The monoisotopic (exact) mass is 376 g/mol. The van der Waals surface area contributed by atoms with Gasteiger partial charge in [-0.3, -0.25) is 9.48 Å². The van der Waals surface area contributed by atoms with Gasteiger partial charge in [0, 0.05) is 19.2 Å². The van der Waals surface area contributed by atoms with Crippen molar-refractivity contribution in [3.63, 3.8) is 0 Å². The summed E-state index contributed by atoms with van der Waals surface area (Å²) in [7, 11) is 5.90. The van der Waals surface area contributed by atoms with E-state index in [1.807, 2.05) is 45.4 Å². The molecule has 146 valence electrons. The molecule has 5 heteroatoms. The third kappa shape index (κ3) is 4.31. The number of rotatable bonds is 6. The van der Waals surface area contributed by atoms with Crippen LogP contribution in [0.4, 0.5) is 0 Å². The van der Waals surface area contributed by atoms with Gasteiger partial charge >= 0.3 is 0 Å². The summed E-state index contributed by atoms with van der Waals surface area (Å²) >= 11 is 0. The van der Waals surface area contributed by atoms with Crippen LogP contribution < -0.4 is 5.32 Å². The summed E-state index contributed by atoms with van der Waals surface area (Å²) in [6, 6.07) is 18.4. The van der Waals surface area contributed by atoms with Crippen molar-refractivity contribution >= 4 is 5.91 Å². The number of hydrogen-bond donors (Lipinski definition) is 1. The molecule has 1 atom stereocenters. The lowest BCUT2D eigenvalue weighted by Gasteiger charge is -2.24. The van der Waals surface area contributed by atoms with Gasteiger partial charge in [0.2, 0.25) is 0 Å². The molecule has 0 saturated carbocycles. The highest BCUT2D eigenvalue weighted by Crippen LogP contribution is 2.23. The number of likely N-dealkylation sites (N-methyl/N-ethyl adjacent to an activating group) is 1. The summed E-state index contributed by atoms with van der Waals surface area (Å²) in [5, 5.41) is 7.46. The van der Waals surface area contributed by atoms with E-state index in [2.05, 4.69) is 59.5 Å². The number of carbonyl (C=O) groups excluding carboxylic acids is 1. The molecule has 0 radical (unpaired) electrons. The van der Waals surface area contributed by atoms with Gasteiger partial charge < -0.3 is 10.2 Å². The molecule has 3 aromatic rings. The summed E-state index contributed by atoms with van der Waals surface area (Å²) < 4.78 is 1.76. The zero-order valence-electron chi connectivity index (χ0n) is 17.2. The lowest BCUT2D eigenvalue weighted by Crippen LogP contribution is -2.34. The molecule has 1 heterocycles. The Bertz CT molecular complexity index is 960. The fourth-order valence-corrected chi connectivity index (χ4v) is 3.30. The van der Waals surface area contributed by atoms with E-state index in [4.69, 9.17) is 0 Å². The van der Waals surface area contributed by atoms with Crippen LogP contribution in [0, 0.1) is 13.8 Å². The first-order chi connectivity index (χ1) is 13.4. The van der Waals surface area contributed by atoms with Gasteiger partial charge in [0.1, 0.15) is 0 Å². The normalized spacial score (nSPS) is 12.2. The van der Waals surface area contributed by atoms with Gasteiger partial charge in [0.15, 0.2) is 5.69 Å². The highest BCUT2D eigenvalue weighted by atomic mass is 16.1. The Morgan fingerprint density at radius 3 is 2.43 bits per heavy atom. The van der Waals surface area contributed by atoms with Gasteiger partial charge in [0.05, 0.1) is 11.7 Å². The average Bonchev–Trinajstić information content (AvgIpc) is 3.06. The molecule has 0 aliphatic heterocycles. The van der Waals surface area contributed by atoms with E-state index < -0.39 is 0 Å². The number of amides is 1. The van der Waals surface area contributed by atoms with Crippen LogP contribution >= 0.6 is 0 Å². The van der Waals surface area contributed by atoms with E-state index in [0.717, 1.165) is 11.3 Å². The zero-order valence-corrected chi connectivity index (χ0v) is 17.2. The van der Waals surface area contributed by atoms with Gasteiger partial charge in [-0.25, -0.2) is 0 Å². The summed E-state index contributed by atoms with van der Waals surface area (Å²) in [5.74, 6) is -0.159. The number of hydrogen-bond acceptors (Lipinski definition) is 3. The molecule has 28 heavy (non-hydrogen) atoms. The Kier molecular flexibility index (Phi) is 5.95. The summed E-state index contributed by atoms with van der Waals surface area (Å²) in [6.07, 6.45) is 0. The molecular formula is C23H28N4O. The second-order valence-electron chi connectivity index (χ2n) is 7.44. The van der Waals surface area contributed by atoms with Crippen molar-refractivity contribution < 1.29 is 4.79 Å². The molecule has 0 bridgehead atoms. The summed E-state index contributed by atoms with van der Waals surface area (Å²) in [6.45, 7) is 4.70. The molecule has 2 aromatic carbocycles. The van der Waals surface area contributed by atoms with Crippen molar-refractivity contribution in [3.8, 4) is 11.3 Å². The minimum Gasteiger partial charge on any atom is -0.349 e. The quantitative estimate of drug-likeness (QED) is 0.713. The Hall–Kier alpha value is -2.92. The first-order valence-corrected chi connectivity index (χ1v) is 9.48. The van der Waals surface area contributed by atoms with Crippen LogP contribution in [0.3, 0.4) is 0 Å². The Balaban J connectivity index is 1.75. The Labute approximate surface area is 167 Å². The van der Waals surface area contributed by atoms with E-state index in [1.54, 1.807) is 4.68 Å². The van der Waals surface area contributed by atoms with Crippen LogP contribution in [-0.4, -0.2) is 41.2 Å². The summed E-state index contributed by atoms with van der Waals surface area (Å²) in [5.41, 5.74) is 6.07. The maximum atomic E-state index is 12.7. The van der Waals surface area contributed by atoms with Crippen LogP contribution in [0.2, 0.25) is 0 Å². The third-order valence-electron chi connectivity index (χ3n) is 5.18. The van der Waals surface area contributed by atoms with E-state index in [0.29, 0.717) is 12.2 Å². The molecule has 5 nitrogen and oxygen atoms in total. The largest absolute Gasteiger partial charge is 0.349 e. The van der Waals surface area contributed by atoms with Crippen molar-refractivity contribution in [3.05, 3.63) is 77.0 Å². The second-order valence-corrected chi connectivity index (χ2v) is 7.44. The molecule has 0 spiro atoms. The minimum atomic E-state index is -0.159. The first-order valence-electron chi connectivity index (χ1n) is 9.48. The minimum absolute atomic E-state index is 0.105. The molecule has 0 aliphatic rings. The average molecular weight is 377 g/mol. The van der Waals surface area contributed by atoms with E-state index >= 15 is 0 Å². The van der Waals surface area contributed by atoms with Crippen molar-refractivity contribution in [2.24, 2.45) is 7.05 Å². The van der Waals surface area contributed by atoms with Gasteiger partial charge in [-0.2, -0.15) is 5.10 Å². The molecular weight excluding hydrogens is 348 g/mol. The number of carbonyl (C=O) groups is 1. The van der Waals surface area contributed by atoms with E-state index in [1.165, 1.54) is 16.7 Å². The fourth-order valence-electron chi connectivity index (χ4n) is 3.30. The topological polar surface area (TPSA) is 50.2 Å². The maximum absolute atomic E-state index is 12.7. The summed E-state index contributed by atoms with van der Waals surface area (Å²) in [4.78, 5) is 14.8. The lowest BCUT2D eigenvalue weighted by molar-refractivity contribution is 0.0936. The highest BCUT2D eigenvalue weighted by Gasteiger charge is 2.18. The van der Waals surface area contributed by atoms with E-state index in [9.17, 15) is 4.79 Å². The van der Waals surface area contributed by atoms with Gasteiger partial charge in [0.25, 0.3) is 5.91 Å². The first kappa shape index (κ1) is 19.8. The number of benzene rings is 2. The molecule has 0 fully saturated rings. The smallest absolute Gasteiger partial charge is 0.271 e. The van der Waals surface area contributed by atoms with Crippen molar-refractivity contribution in [2.45, 2.75) is 19.9 Å². The molecule has 3 rings (SSSR count). The molecule has 1 unspecified atom stereocenters. The SMILES string of the molecule is Cc1ccc(-c2cc(C(=O)NCC(c3ccccc3)N(C)C)nn2C)cc1C.